The molecule has 6 heteroatoms. The molecule has 4 nitrogen and oxygen atoms in total. The van der Waals surface area contributed by atoms with Crippen LogP contribution in [0.4, 0.5) is 5.69 Å². The highest BCUT2D eigenvalue weighted by molar-refractivity contribution is 6.31. The van der Waals surface area contributed by atoms with E-state index in [2.05, 4.69) is 16.4 Å². The number of oxazole rings is 1. The van der Waals surface area contributed by atoms with Gasteiger partial charge in [0, 0.05) is 21.9 Å². The highest BCUT2D eigenvalue weighted by Crippen LogP contribution is 2.23. The van der Waals surface area contributed by atoms with Crippen molar-refractivity contribution in [3.05, 3.63) is 64.6 Å². The van der Waals surface area contributed by atoms with Gasteiger partial charge in [-0.3, -0.25) is 0 Å². The summed E-state index contributed by atoms with van der Waals surface area (Å²) in [6.45, 7) is 0. The molecule has 1 N–H and O–H groups in total. The minimum atomic E-state index is 0.237. The fraction of sp³-hybridized carbons (Fsp3) is 0. The van der Waals surface area contributed by atoms with Crippen molar-refractivity contribution in [3.8, 4) is 6.07 Å². The summed E-state index contributed by atoms with van der Waals surface area (Å²) < 4.78 is 5.56. The maximum Gasteiger partial charge on any atom is 0.239 e. The average molecular weight is 330 g/mol. The van der Waals surface area contributed by atoms with Crippen LogP contribution < -0.4 is 5.32 Å². The SMILES string of the molecule is N#C/C(=C/Nc1ccc(Cl)cc1)c1nc2cc(Cl)ccc2o1. The highest BCUT2D eigenvalue weighted by Gasteiger charge is 2.10. The second-order valence-electron chi connectivity index (χ2n) is 4.45. The van der Waals surface area contributed by atoms with Gasteiger partial charge in [-0.15, -0.1) is 0 Å². The number of hydrogen-bond acceptors (Lipinski definition) is 4. The first-order valence-electron chi connectivity index (χ1n) is 6.34. The van der Waals surface area contributed by atoms with Gasteiger partial charge in [-0.2, -0.15) is 5.26 Å². The Labute approximate surface area is 136 Å². The van der Waals surface area contributed by atoms with Crippen molar-refractivity contribution < 1.29 is 4.42 Å². The van der Waals surface area contributed by atoms with Gasteiger partial charge in [-0.25, -0.2) is 4.98 Å². The number of aromatic nitrogens is 1. The van der Waals surface area contributed by atoms with Gasteiger partial charge in [-0.1, -0.05) is 23.2 Å². The molecule has 0 saturated heterocycles. The second-order valence-corrected chi connectivity index (χ2v) is 5.32. The summed E-state index contributed by atoms with van der Waals surface area (Å²) in [5.74, 6) is 0.237. The smallest absolute Gasteiger partial charge is 0.239 e. The van der Waals surface area contributed by atoms with Crippen LogP contribution in [0.15, 0.2) is 53.1 Å². The van der Waals surface area contributed by atoms with Crippen LogP contribution in [0.2, 0.25) is 10.0 Å². The molecule has 1 heterocycles. The molecule has 0 aliphatic heterocycles. The molecule has 0 unspecified atom stereocenters. The highest BCUT2D eigenvalue weighted by atomic mass is 35.5. The van der Waals surface area contributed by atoms with Crippen molar-refractivity contribution in [1.82, 2.24) is 4.98 Å². The Kier molecular flexibility index (Phi) is 4.01. The van der Waals surface area contributed by atoms with Crippen molar-refractivity contribution >= 4 is 45.6 Å². The van der Waals surface area contributed by atoms with E-state index in [0.717, 1.165) is 5.69 Å². The van der Waals surface area contributed by atoms with Crippen LogP contribution in [0.3, 0.4) is 0 Å². The van der Waals surface area contributed by atoms with Gasteiger partial charge < -0.3 is 9.73 Å². The third kappa shape index (κ3) is 3.06. The molecule has 0 atom stereocenters. The van der Waals surface area contributed by atoms with Crippen molar-refractivity contribution in [1.29, 1.82) is 5.26 Å². The minimum absolute atomic E-state index is 0.237. The molecule has 0 aliphatic carbocycles. The summed E-state index contributed by atoms with van der Waals surface area (Å²) in [4.78, 5) is 4.27. The largest absolute Gasteiger partial charge is 0.435 e. The summed E-state index contributed by atoms with van der Waals surface area (Å²) >= 11 is 11.7. The van der Waals surface area contributed by atoms with Crippen LogP contribution >= 0.6 is 23.2 Å². The van der Waals surface area contributed by atoms with Crippen molar-refractivity contribution in [2.75, 3.05) is 5.32 Å². The molecular formula is C16H9Cl2N3O. The van der Waals surface area contributed by atoms with E-state index in [9.17, 15) is 5.26 Å². The number of nitrogens with zero attached hydrogens (tertiary/aromatic N) is 2. The molecule has 22 heavy (non-hydrogen) atoms. The maximum atomic E-state index is 9.28. The first kappa shape index (κ1) is 14.5. The number of fused-ring (bicyclic) bond motifs is 1. The van der Waals surface area contributed by atoms with E-state index >= 15 is 0 Å². The molecule has 0 amide bonds. The Morgan fingerprint density at radius 1 is 1.14 bits per heavy atom. The summed E-state index contributed by atoms with van der Waals surface area (Å²) in [7, 11) is 0. The number of nitriles is 1. The molecule has 0 aliphatic rings. The molecule has 3 rings (SSSR count). The average Bonchev–Trinajstić information content (AvgIpc) is 2.92. The summed E-state index contributed by atoms with van der Waals surface area (Å²) in [6.07, 6.45) is 1.54. The summed E-state index contributed by atoms with van der Waals surface area (Å²) in [6, 6.07) is 14.3. The van der Waals surface area contributed by atoms with Crippen molar-refractivity contribution in [3.63, 3.8) is 0 Å². The molecule has 0 saturated carbocycles. The third-order valence-corrected chi connectivity index (χ3v) is 3.41. The Bertz CT molecular complexity index is 892. The molecule has 1 aromatic heterocycles. The lowest BCUT2D eigenvalue weighted by molar-refractivity contribution is 0.586. The molecule has 108 valence electrons. The first-order chi connectivity index (χ1) is 10.7. The molecule has 3 aromatic rings. The molecule has 0 fully saturated rings. The van der Waals surface area contributed by atoms with Crippen LogP contribution in [0.5, 0.6) is 0 Å². The van der Waals surface area contributed by atoms with Gasteiger partial charge in [-0.05, 0) is 42.5 Å². The monoisotopic (exact) mass is 329 g/mol. The predicted molar refractivity (Wildman–Crippen MR) is 87.7 cm³/mol. The van der Waals surface area contributed by atoms with Crippen molar-refractivity contribution in [2.24, 2.45) is 0 Å². The van der Waals surface area contributed by atoms with Crippen LogP contribution in [0, 0.1) is 11.3 Å². The molecule has 0 bridgehead atoms. The quantitative estimate of drug-likeness (QED) is 0.678. The van der Waals surface area contributed by atoms with Gasteiger partial charge >= 0.3 is 0 Å². The van der Waals surface area contributed by atoms with E-state index in [4.69, 9.17) is 27.6 Å². The van der Waals surface area contributed by atoms with E-state index in [1.165, 1.54) is 6.20 Å². The van der Waals surface area contributed by atoms with Gasteiger partial charge in [0.1, 0.15) is 17.2 Å². The van der Waals surface area contributed by atoms with Gasteiger partial charge in [0.05, 0.1) is 0 Å². The number of hydrogen-bond donors (Lipinski definition) is 1. The van der Waals surface area contributed by atoms with Gasteiger partial charge in [0.25, 0.3) is 0 Å². The molecule has 0 spiro atoms. The first-order valence-corrected chi connectivity index (χ1v) is 7.10. The summed E-state index contributed by atoms with van der Waals surface area (Å²) in [5.41, 5.74) is 2.26. The Morgan fingerprint density at radius 2 is 1.86 bits per heavy atom. The number of allylic oxidation sites excluding steroid dienone is 1. The zero-order valence-electron chi connectivity index (χ0n) is 11.2. The Hall–Kier alpha value is -2.48. The number of rotatable bonds is 3. The third-order valence-electron chi connectivity index (χ3n) is 2.93. The number of benzene rings is 2. The lowest BCUT2D eigenvalue weighted by atomic mass is 10.3. The number of nitrogens with one attached hydrogen (secondary N) is 1. The van der Waals surface area contributed by atoms with Crippen LogP contribution in [-0.4, -0.2) is 4.98 Å². The van der Waals surface area contributed by atoms with E-state index in [1.807, 2.05) is 0 Å². The fourth-order valence-electron chi connectivity index (χ4n) is 1.86. The lowest BCUT2D eigenvalue weighted by Crippen LogP contribution is -1.90. The topological polar surface area (TPSA) is 61.9 Å². The van der Waals surface area contributed by atoms with Crippen LogP contribution in [0.1, 0.15) is 5.89 Å². The van der Waals surface area contributed by atoms with Crippen molar-refractivity contribution in [2.45, 2.75) is 0 Å². The van der Waals surface area contributed by atoms with Gasteiger partial charge in [0.15, 0.2) is 5.58 Å². The van der Waals surface area contributed by atoms with Crippen LogP contribution in [-0.2, 0) is 0 Å². The summed E-state index contributed by atoms with van der Waals surface area (Å²) in [5, 5.41) is 13.5. The number of halogens is 2. The second kappa shape index (κ2) is 6.10. The Morgan fingerprint density at radius 3 is 2.59 bits per heavy atom. The molecule has 2 aromatic carbocycles. The number of anilines is 1. The fourth-order valence-corrected chi connectivity index (χ4v) is 2.15. The van der Waals surface area contributed by atoms with Gasteiger partial charge in [0.2, 0.25) is 5.89 Å². The van der Waals surface area contributed by atoms with E-state index in [0.29, 0.717) is 21.1 Å². The lowest BCUT2D eigenvalue weighted by Gasteiger charge is -2.00. The van der Waals surface area contributed by atoms with E-state index < -0.39 is 0 Å². The zero-order valence-corrected chi connectivity index (χ0v) is 12.7. The Balaban J connectivity index is 1.90. The predicted octanol–water partition coefficient (Wildman–Crippen LogP) is 5.11. The normalized spacial score (nSPS) is 11.4. The van der Waals surface area contributed by atoms with E-state index in [1.54, 1.807) is 42.5 Å². The van der Waals surface area contributed by atoms with Crippen LogP contribution in [0.25, 0.3) is 16.7 Å². The zero-order chi connectivity index (χ0) is 15.5. The van der Waals surface area contributed by atoms with E-state index in [-0.39, 0.29) is 11.5 Å². The minimum Gasteiger partial charge on any atom is -0.435 e. The standard InChI is InChI=1S/C16H9Cl2N3O/c17-11-1-4-13(5-2-11)20-9-10(8-19)16-21-14-7-12(18)3-6-15(14)22-16/h1-7,9,20H/b10-9-. The molecular weight excluding hydrogens is 321 g/mol. The molecule has 0 radical (unpaired) electrons. The maximum absolute atomic E-state index is 9.28.